The van der Waals surface area contributed by atoms with E-state index in [-0.39, 0.29) is 6.16 Å². The maximum atomic E-state index is 11.6. The molecule has 0 aromatic rings. The van der Waals surface area contributed by atoms with Gasteiger partial charge in [0.05, 0.1) is 0 Å². The monoisotopic (exact) mass is 301 g/mol. The first-order chi connectivity index (χ1) is 9.60. The molecule has 0 fully saturated rings. The maximum Gasteiger partial charge on any atom is 0.362 e. The standard InChI is InChI=1S/C15H26O4P/c1-3-5-6-7-8-9-10-11-12-20(18)13-15(17)19-14(16)4-2/h4H,2-3,5-13H2,1H3/q+1. The fourth-order valence-corrected chi connectivity index (χ4v) is 2.92. The average molecular weight is 301 g/mol. The van der Waals surface area contributed by atoms with Crippen LogP contribution in [0.25, 0.3) is 0 Å². The number of unbranched alkanes of at least 4 members (excludes halogenated alkanes) is 7. The van der Waals surface area contributed by atoms with Crippen LogP contribution in [-0.2, 0) is 18.9 Å². The first-order valence-corrected chi connectivity index (χ1v) is 9.02. The third kappa shape index (κ3) is 12.0. The van der Waals surface area contributed by atoms with Crippen molar-refractivity contribution in [1.82, 2.24) is 0 Å². The molecule has 0 spiro atoms. The Labute approximate surface area is 122 Å². The Balaban J connectivity index is 3.47. The molecule has 1 atom stereocenters. The molecule has 0 saturated heterocycles. The fourth-order valence-electron chi connectivity index (χ4n) is 1.83. The van der Waals surface area contributed by atoms with Crippen molar-refractivity contribution in [3.05, 3.63) is 12.7 Å². The minimum Gasteiger partial charge on any atom is -0.387 e. The van der Waals surface area contributed by atoms with Gasteiger partial charge in [-0.15, -0.1) is 0 Å². The van der Waals surface area contributed by atoms with E-state index in [1.807, 2.05) is 0 Å². The Morgan fingerprint density at radius 3 is 2.15 bits per heavy atom. The summed E-state index contributed by atoms with van der Waals surface area (Å²) in [6.45, 7) is 5.39. The second-order valence-corrected chi connectivity index (χ2v) is 6.56. The number of carbonyl (C=O) groups excluding carboxylic acids is 2. The first-order valence-electron chi connectivity index (χ1n) is 7.39. The predicted molar refractivity (Wildman–Crippen MR) is 81.2 cm³/mol. The van der Waals surface area contributed by atoms with E-state index in [1.54, 1.807) is 0 Å². The van der Waals surface area contributed by atoms with Gasteiger partial charge in [0, 0.05) is 6.08 Å². The smallest absolute Gasteiger partial charge is 0.362 e. The molecule has 5 heteroatoms. The van der Waals surface area contributed by atoms with E-state index in [1.165, 1.54) is 32.1 Å². The van der Waals surface area contributed by atoms with Gasteiger partial charge >= 0.3 is 19.7 Å². The zero-order valence-corrected chi connectivity index (χ0v) is 13.3. The van der Waals surface area contributed by atoms with E-state index < -0.39 is 19.7 Å². The number of esters is 2. The molecule has 0 saturated carbocycles. The molecule has 1 unspecified atom stereocenters. The molecule has 0 amide bonds. The Morgan fingerprint density at radius 1 is 1.05 bits per heavy atom. The van der Waals surface area contributed by atoms with Gasteiger partial charge in [0.2, 0.25) is 6.16 Å². The molecule has 114 valence electrons. The van der Waals surface area contributed by atoms with Crippen molar-refractivity contribution < 1.29 is 18.9 Å². The minimum absolute atomic E-state index is 0.175. The molecule has 0 aliphatic carbocycles. The molecule has 0 aromatic carbocycles. The maximum absolute atomic E-state index is 11.6. The minimum atomic E-state index is -1.60. The lowest BCUT2D eigenvalue weighted by molar-refractivity contribution is -0.154. The summed E-state index contributed by atoms with van der Waals surface area (Å²) in [7, 11) is -1.60. The highest BCUT2D eigenvalue weighted by Gasteiger charge is 2.22. The van der Waals surface area contributed by atoms with Crippen molar-refractivity contribution in [2.24, 2.45) is 0 Å². The van der Waals surface area contributed by atoms with Crippen LogP contribution in [0.4, 0.5) is 0 Å². The van der Waals surface area contributed by atoms with E-state index in [0.717, 1.165) is 25.3 Å². The van der Waals surface area contributed by atoms with Crippen molar-refractivity contribution in [1.29, 1.82) is 0 Å². The Morgan fingerprint density at radius 2 is 1.60 bits per heavy atom. The summed E-state index contributed by atoms with van der Waals surface area (Å²) in [5.41, 5.74) is 0. The third-order valence-corrected chi connectivity index (χ3v) is 4.37. The molecule has 0 aliphatic heterocycles. The van der Waals surface area contributed by atoms with Gasteiger partial charge in [0.1, 0.15) is 6.16 Å². The normalized spacial score (nSPS) is 10.9. The number of hydrogen-bond donors (Lipinski definition) is 0. The van der Waals surface area contributed by atoms with E-state index in [2.05, 4.69) is 18.2 Å². The molecule has 0 radical (unpaired) electrons. The Kier molecular flexibility index (Phi) is 12.3. The average Bonchev–Trinajstić information content (AvgIpc) is 2.41. The van der Waals surface area contributed by atoms with Crippen LogP contribution < -0.4 is 0 Å². The third-order valence-electron chi connectivity index (χ3n) is 2.95. The summed E-state index contributed by atoms with van der Waals surface area (Å²) >= 11 is 0. The largest absolute Gasteiger partial charge is 0.387 e. The molecule has 0 rings (SSSR count). The van der Waals surface area contributed by atoms with E-state index in [9.17, 15) is 14.2 Å². The van der Waals surface area contributed by atoms with Crippen LogP contribution in [0.2, 0.25) is 0 Å². The summed E-state index contributed by atoms with van der Waals surface area (Å²) in [4.78, 5) is 21.9. The number of ether oxygens (including phenoxy) is 1. The molecular formula is C15H26O4P+. The SMILES string of the molecule is C=CC(=O)OC(=O)C[P+](=O)CCCCCCCCCC. The van der Waals surface area contributed by atoms with Crippen LogP contribution in [0, 0.1) is 0 Å². The fraction of sp³-hybridized carbons (Fsp3) is 0.733. The van der Waals surface area contributed by atoms with Crippen LogP contribution in [0.3, 0.4) is 0 Å². The molecule has 4 nitrogen and oxygen atoms in total. The molecule has 0 heterocycles. The zero-order valence-electron chi connectivity index (χ0n) is 12.4. The van der Waals surface area contributed by atoms with E-state index in [0.29, 0.717) is 6.16 Å². The summed E-state index contributed by atoms with van der Waals surface area (Å²) in [6.07, 6.45) is 10.7. The van der Waals surface area contributed by atoms with Gasteiger partial charge in [-0.1, -0.05) is 56.6 Å². The first kappa shape index (κ1) is 19.0. The van der Waals surface area contributed by atoms with E-state index >= 15 is 0 Å². The molecular weight excluding hydrogens is 275 g/mol. The zero-order chi connectivity index (χ0) is 15.2. The van der Waals surface area contributed by atoms with Gasteiger partial charge in [0.25, 0.3) is 0 Å². The second-order valence-electron chi connectivity index (χ2n) is 4.84. The summed E-state index contributed by atoms with van der Waals surface area (Å²) in [5, 5.41) is 0. The number of carbonyl (C=O) groups is 2. The van der Waals surface area contributed by atoms with Crippen molar-refractivity contribution in [2.75, 3.05) is 12.3 Å². The topological polar surface area (TPSA) is 60.4 Å². The van der Waals surface area contributed by atoms with Gasteiger partial charge < -0.3 is 4.74 Å². The van der Waals surface area contributed by atoms with Crippen LogP contribution in [-0.4, -0.2) is 24.3 Å². The number of rotatable bonds is 12. The predicted octanol–water partition coefficient (Wildman–Crippen LogP) is 4.21. The van der Waals surface area contributed by atoms with Crippen molar-refractivity contribution in [3.8, 4) is 0 Å². The lowest BCUT2D eigenvalue weighted by Gasteiger charge is -1.98. The lowest BCUT2D eigenvalue weighted by Crippen LogP contribution is -2.12. The van der Waals surface area contributed by atoms with E-state index in [4.69, 9.17) is 0 Å². The van der Waals surface area contributed by atoms with Crippen molar-refractivity contribution in [3.63, 3.8) is 0 Å². The highest BCUT2D eigenvalue weighted by molar-refractivity contribution is 7.45. The van der Waals surface area contributed by atoms with Gasteiger partial charge in [-0.25, -0.2) is 9.59 Å². The van der Waals surface area contributed by atoms with Crippen molar-refractivity contribution in [2.45, 2.75) is 58.3 Å². The van der Waals surface area contributed by atoms with Gasteiger partial charge in [0.15, 0.2) is 0 Å². The highest BCUT2D eigenvalue weighted by Crippen LogP contribution is 2.23. The van der Waals surface area contributed by atoms with Gasteiger partial charge in [-0.3, -0.25) is 0 Å². The lowest BCUT2D eigenvalue weighted by atomic mass is 10.1. The van der Waals surface area contributed by atoms with Gasteiger partial charge in [-0.05, 0) is 12.8 Å². The highest BCUT2D eigenvalue weighted by atomic mass is 31.1. The molecule has 0 aromatic heterocycles. The Bertz CT molecular complexity index is 326. The summed E-state index contributed by atoms with van der Waals surface area (Å²) < 4.78 is 16.0. The molecule has 0 bridgehead atoms. The van der Waals surface area contributed by atoms with Gasteiger partial charge in [-0.2, -0.15) is 0 Å². The Hall–Kier alpha value is -1.02. The summed E-state index contributed by atoms with van der Waals surface area (Å²) in [6, 6.07) is 0. The molecule has 0 N–H and O–H groups in total. The molecule has 20 heavy (non-hydrogen) atoms. The van der Waals surface area contributed by atoms with Crippen LogP contribution in [0.5, 0.6) is 0 Å². The van der Waals surface area contributed by atoms with Crippen LogP contribution in [0.1, 0.15) is 58.3 Å². The summed E-state index contributed by atoms with van der Waals surface area (Å²) in [5.74, 6) is -1.51. The number of hydrogen-bond acceptors (Lipinski definition) is 4. The second kappa shape index (κ2) is 13.0. The molecule has 0 aliphatic rings. The van der Waals surface area contributed by atoms with Crippen LogP contribution in [0.15, 0.2) is 12.7 Å². The van der Waals surface area contributed by atoms with Crippen molar-refractivity contribution >= 4 is 19.7 Å². The quantitative estimate of drug-likeness (QED) is 0.178. The van der Waals surface area contributed by atoms with Crippen LogP contribution >= 0.6 is 7.80 Å².